The molecule has 0 saturated heterocycles. The second kappa shape index (κ2) is 12.8. The first-order valence-electron chi connectivity index (χ1n) is 6.96. The van der Waals surface area contributed by atoms with Gasteiger partial charge in [-0.1, -0.05) is 67.5 Å². The third-order valence-corrected chi connectivity index (χ3v) is 2.61. The first kappa shape index (κ1) is 21.0. The normalized spacial score (nSPS) is 21.3. The van der Waals surface area contributed by atoms with Crippen LogP contribution in [0.5, 0.6) is 0 Å². The minimum atomic E-state index is 0.343. The Balaban J connectivity index is -0.000000245. The monoisotopic (exact) mass is 229 g/mol. The Morgan fingerprint density at radius 1 is 1.06 bits per heavy atom. The van der Waals surface area contributed by atoms with Crippen LogP contribution in [0.4, 0.5) is 0 Å². The molecule has 100 valence electrons. The van der Waals surface area contributed by atoms with Crippen molar-refractivity contribution < 1.29 is 0 Å². The highest BCUT2D eigenvalue weighted by Gasteiger charge is 2.28. The Hall–Kier alpha value is -0.300. The molecule has 0 aromatic rings. The van der Waals surface area contributed by atoms with E-state index in [4.69, 9.17) is 5.73 Å². The molecular formula is C15H35N. The summed E-state index contributed by atoms with van der Waals surface area (Å²) in [6.07, 6.45) is 3.38. The second-order valence-corrected chi connectivity index (χ2v) is 3.99. The second-order valence-electron chi connectivity index (χ2n) is 3.99. The van der Waals surface area contributed by atoms with Crippen molar-refractivity contribution in [3.8, 4) is 0 Å². The van der Waals surface area contributed by atoms with Crippen molar-refractivity contribution in [1.82, 2.24) is 0 Å². The summed E-state index contributed by atoms with van der Waals surface area (Å²) in [4.78, 5) is 0. The zero-order chi connectivity index (χ0) is 13.8. The quantitative estimate of drug-likeness (QED) is 0.571. The smallest absolute Gasteiger partial charge is 0.00765 e. The summed E-state index contributed by atoms with van der Waals surface area (Å²) in [7, 11) is 0. The van der Waals surface area contributed by atoms with Crippen molar-refractivity contribution in [2.24, 2.45) is 11.1 Å². The molecule has 0 aromatic heterocycles. The number of hydrogen-bond donors (Lipinski definition) is 1. The highest BCUT2D eigenvalue weighted by Crippen LogP contribution is 2.38. The molecule has 1 rings (SSSR count). The molecule has 0 aromatic carbocycles. The van der Waals surface area contributed by atoms with E-state index in [1.54, 1.807) is 0 Å². The van der Waals surface area contributed by atoms with Crippen molar-refractivity contribution >= 4 is 0 Å². The van der Waals surface area contributed by atoms with Gasteiger partial charge in [0.1, 0.15) is 0 Å². The molecule has 2 N–H and O–H groups in total. The molecule has 1 atom stereocenters. The topological polar surface area (TPSA) is 26.0 Å². The lowest BCUT2D eigenvalue weighted by Crippen LogP contribution is -2.32. The molecule has 0 bridgehead atoms. The van der Waals surface area contributed by atoms with E-state index in [1.165, 1.54) is 12.0 Å². The van der Waals surface area contributed by atoms with Crippen LogP contribution in [0.15, 0.2) is 12.2 Å². The predicted molar refractivity (Wildman–Crippen MR) is 78.8 cm³/mol. The predicted octanol–water partition coefficient (Wildman–Crippen LogP) is 5.16. The van der Waals surface area contributed by atoms with E-state index < -0.39 is 0 Å². The van der Waals surface area contributed by atoms with Gasteiger partial charge in [0.25, 0.3) is 0 Å². The van der Waals surface area contributed by atoms with Crippen LogP contribution in [-0.4, -0.2) is 6.04 Å². The molecule has 0 spiro atoms. The lowest BCUT2D eigenvalue weighted by molar-refractivity contribution is 0.314. The third-order valence-electron chi connectivity index (χ3n) is 2.61. The van der Waals surface area contributed by atoms with Crippen molar-refractivity contribution in [3.05, 3.63) is 12.2 Å². The van der Waals surface area contributed by atoms with Crippen molar-refractivity contribution in [2.75, 3.05) is 0 Å². The summed E-state index contributed by atoms with van der Waals surface area (Å²) in [6, 6.07) is 0.375. The zero-order valence-corrected chi connectivity index (χ0v) is 13.0. The maximum atomic E-state index is 5.79. The van der Waals surface area contributed by atoms with Crippen LogP contribution in [0.25, 0.3) is 0 Å². The number of hydrogen-bond acceptors (Lipinski definition) is 1. The molecule has 1 nitrogen and oxygen atoms in total. The summed E-state index contributed by atoms with van der Waals surface area (Å²) >= 11 is 0. The van der Waals surface area contributed by atoms with Crippen molar-refractivity contribution in [2.45, 2.75) is 80.7 Å². The van der Waals surface area contributed by atoms with Crippen LogP contribution in [-0.2, 0) is 0 Å². The zero-order valence-electron chi connectivity index (χ0n) is 13.0. The summed E-state index contributed by atoms with van der Waals surface area (Å²) in [5, 5.41) is 0. The van der Waals surface area contributed by atoms with Gasteiger partial charge >= 0.3 is 0 Å². The van der Waals surface area contributed by atoms with Crippen LogP contribution in [0.1, 0.15) is 74.7 Å². The Kier molecular flexibility index (Phi) is 16.8. The Labute approximate surface area is 105 Å². The van der Waals surface area contributed by atoms with Crippen molar-refractivity contribution in [3.63, 3.8) is 0 Å². The van der Waals surface area contributed by atoms with Crippen LogP contribution < -0.4 is 5.73 Å². The minimum absolute atomic E-state index is 0.343. The van der Waals surface area contributed by atoms with Gasteiger partial charge in [-0.25, -0.2) is 0 Å². The van der Waals surface area contributed by atoms with E-state index >= 15 is 0 Å². The molecule has 0 amide bonds. The van der Waals surface area contributed by atoms with E-state index in [0.717, 1.165) is 12.8 Å². The maximum Gasteiger partial charge on any atom is 0.00765 e. The fraction of sp³-hybridized carbons (Fsp3) is 0.867. The van der Waals surface area contributed by atoms with Crippen LogP contribution in [0, 0.1) is 5.41 Å². The summed E-state index contributed by atoms with van der Waals surface area (Å²) in [6.45, 7) is 20.5. The van der Waals surface area contributed by atoms with E-state index in [0.29, 0.717) is 11.5 Å². The standard InChI is InChI=1S/C9H17N.3C2H6/c1-7-6-8(10)4-5-9(7,2)3;3*1-2/h8H,1,4-6,10H2,2-3H3;3*1-2H3. The van der Waals surface area contributed by atoms with Gasteiger partial charge in [0.15, 0.2) is 0 Å². The van der Waals surface area contributed by atoms with Gasteiger partial charge in [0.2, 0.25) is 0 Å². The average Bonchev–Trinajstić information content (AvgIpc) is 2.33. The van der Waals surface area contributed by atoms with Crippen LogP contribution >= 0.6 is 0 Å². The van der Waals surface area contributed by atoms with E-state index in [-0.39, 0.29) is 0 Å². The van der Waals surface area contributed by atoms with E-state index in [1.807, 2.05) is 41.5 Å². The molecule has 1 aliphatic carbocycles. The molecule has 0 aliphatic heterocycles. The average molecular weight is 229 g/mol. The van der Waals surface area contributed by atoms with Gasteiger partial charge in [0, 0.05) is 6.04 Å². The highest BCUT2D eigenvalue weighted by molar-refractivity contribution is 5.11. The number of rotatable bonds is 0. The highest BCUT2D eigenvalue weighted by atomic mass is 14.6. The van der Waals surface area contributed by atoms with Gasteiger partial charge in [-0.3, -0.25) is 0 Å². The largest absolute Gasteiger partial charge is 0.327 e. The summed E-state index contributed by atoms with van der Waals surface area (Å²) < 4.78 is 0. The molecule has 1 fully saturated rings. The molecule has 1 heteroatoms. The molecular weight excluding hydrogens is 194 g/mol. The first-order valence-corrected chi connectivity index (χ1v) is 6.96. The van der Waals surface area contributed by atoms with Gasteiger partial charge < -0.3 is 5.73 Å². The summed E-state index contributed by atoms with van der Waals surface area (Å²) in [5.41, 5.74) is 7.45. The molecule has 16 heavy (non-hydrogen) atoms. The lowest BCUT2D eigenvalue weighted by Gasteiger charge is -2.35. The third kappa shape index (κ3) is 8.96. The van der Waals surface area contributed by atoms with Crippen LogP contribution in [0.3, 0.4) is 0 Å². The fourth-order valence-electron chi connectivity index (χ4n) is 1.42. The first-order chi connectivity index (χ1) is 7.52. The summed E-state index contributed by atoms with van der Waals surface area (Å²) in [5.74, 6) is 0. The minimum Gasteiger partial charge on any atom is -0.327 e. The SMILES string of the molecule is C=C1CC(N)CCC1(C)C.CC.CC.CC. The molecule has 0 heterocycles. The van der Waals surface area contributed by atoms with Gasteiger partial charge in [-0.2, -0.15) is 0 Å². The van der Waals surface area contributed by atoms with Gasteiger partial charge in [0.05, 0.1) is 0 Å². The fourth-order valence-corrected chi connectivity index (χ4v) is 1.42. The molecule has 1 unspecified atom stereocenters. The van der Waals surface area contributed by atoms with Crippen LogP contribution in [0.2, 0.25) is 0 Å². The molecule has 0 radical (unpaired) electrons. The lowest BCUT2D eigenvalue weighted by atomic mass is 9.72. The Bertz CT molecular complexity index is 148. The Morgan fingerprint density at radius 3 is 1.69 bits per heavy atom. The van der Waals surface area contributed by atoms with Gasteiger partial charge in [-0.15, -0.1) is 0 Å². The van der Waals surface area contributed by atoms with E-state index in [9.17, 15) is 0 Å². The molecule has 1 saturated carbocycles. The van der Waals surface area contributed by atoms with Gasteiger partial charge in [-0.05, 0) is 24.7 Å². The Morgan fingerprint density at radius 2 is 1.44 bits per heavy atom. The number of nitrogens with two attached hydrogens (primary N) is 1. The maximum absolute atomic E-state index is 5.79. The van der Waals surface area contributed by atoms with Crippen molar-refractivity contribution in [1.29, 1.82) is 0 Å². The molecule has 1 aliphatic rings. The van der Waals surface area contributed by atoms with E-state index in [2.05, 4.69) is 20.4 Å².